The Labute approximate surface area is 153 Å². The Morgan fingerprint density at radius 3 is 2.85 bits per heavy atom. The predicted octanol–water partition coefficient (Wildman–Crippen LogP) is -0.726. The maximum atomic E-state index is 12.5. The monoisotopic (exact) mass is 385 g/mol. The molecule has 0 spiro atoms. The zero-order valence-corrected chi connectivity index (χ0v) is 16.0. The third-order valence-corrected chi connectivity index (χ3v) is 7.41. The number of hydrogen-bond donors (Lipinski definition) is 2. The summed E-state index contributed by atoms with van der Waals surface area (Å²) < 4.78 is 27.7. The van der Waals surface area contributed by atoms with Crippen molar-refractivity contribution in [3.8, 4) is 0 Å². The van der Waals surface area contributed by atoms with Crippen LogP contribution in [0.2, 0.25) is 0 Å². The molecule has 0 aromatic carbocycles. The first-order chi connectivity index (χ1) is 12.2. The van der Waals surface area contributed by atoms with Crippen LogP contribution >= 0.6 is 0 Å². The Bertz CT molecular complexity index is 775. The number of amides is 1. The zero-order chi connectivity index (χ0) is 19.1. The van der Waals surface area contributed by atoms with Crippen molar-refractivity contribution in [1.29, 1.82) is 0 Å². The first-order valence-electron chi connectivity index (χ1n) is 8.86. The van der Waals surface area contributed by atoms with Crippen LogP contribution in [0.5, 0.6) is 0 Å². The molecule has 3 N–H and O–H groups in total. The fourth-order valence-corrected chi connectivity index (χ4v) is 5.49. The maximum absolute atomic E-state index is 12.5. The highest BCUT2D eigenvalue weighted by atomic mass is 32.2. The number of likely N-dealkylation sites (N-methyl/N-ethyl adjacent to an activating group) is 1. The fourth-order valence-electron chi connectivity index (χ4n) is 4.33. The number of imidazole rings is 1. The molecular formula is C16H27N5O4S. The highest BCUT2D eigenvalue weighted by Crippen LogP contribution is 2.43. The molecule has 1 aromatic rings. The minimum absolute atomic E-state index is 0.0543. The molecule has 2 fully saturated rings. The summed E-state index contributed by atoms with van der Waals surface area (Å²) in [6.07, 6.45) is 6.14. The Morgan fingerprint density at radius 2 is 2.23 bits per heavy atom. The number of primary amides is 1. The van der Waals surface area contributed by atoms with Gasteiger partial charge in [-0.1, -0.05) is 0 Å². The number of sulfonamides is 1. The number of rotatable bonds is 7. The zero-order valence-electron chi connectivity index (χ0n) is 15.2. The van der Waals surface area contributed by atoms with Gasteiger partial charge in [-0.25, -0.2) is 13.4 Å². The number of fused-ring (bicyclic) bond motifs is 2. The van der Waals surface area contributed by atoms with Gasteiger partial charge >= 0.3 is 0 Å². The van der Waals surface area contributed by atoms with Crippen molar-refractivity contribution >= 4 is 15.9 Å². The van der Waals surface area contributed by atoms with Crippen molar-refractivity contribution in [2.45, 2.75) is 54.8 Å². The van der Waals surface area contributed by atoms with Crippen molar-refractivity contribution < 1.29 is 18.3 Å². The van der Waals surface area contributed by atoms with Crippen molar-refractivity contribution in [2.24, 2.45) is 12.8 Å². The molecule has 0 radical (unpaired) electrons. The molecule has 9 nitrogen and oxygen atoms in total. The van der Waals surface area contributed by atoms with E-state index >= 15 is 0 Å². The van der Waals surface area contributed by atoms with Gasteiger partial charge in [0.25, 0.3) is 10.0 Å². The van der Waals surface area contributed by atoms with Gasteiger partial charge in [-0.3, -0.25) is 9.69 Å². The van der Waals surface area contributed by atoms with Crippen LogP contribution in [-0.4, -0.2) is 76.0 Å². The normalized spacial score (nSPS) is 27.8. The molecule has 0 saturated carbocycles. The number of nitrogens with zero attached hydrogens (tertiary/aromatic N) is 4. The largest absolute Gasteiger partial charge is 0.390 e. The van der Waals surface area contributed by atoms with Crippen LogP contribution in [-0.2, 0) is 21.9 Å². The van der Waals surface area contributed by atoms with Gasteiger partial charge in [0.15, 0.2) is 5.03 Å². The number of carbonyl (C=O) groups excluding carboxylic acids is 1. The Balaban J connectivity index is 1.68. The molecule has 3 atom stereocenters. The Kier molecular flexibility index (Phi) is 5.13. The second-order valence-corrected chi connectivity index (χ2v) is 9.44. The average Bonchev–Trinajstić information content (AvgIpc) is 3.06. The summed E-state index contributed by atoms with van der Waals surface area (Å²) >= 11 is 0. The van der Waals surface area contributed by atoms with Crippen LogP contribution < -0.4 is 5.73 Å². The van der Waals surface area contributed by atoms with Crippen LogP contribution in [0.15, 0.2) is 17.6 Å². The summed E-state index contributed by atoms with van der Waals surface area (Å²) in [6, 6.07) is 0.226. The molecule has 1 amide bonds. The van der Waals surface area contributed by atoms with Crippen molar-refractivity contribution in [2.75, 3.05) is 20.1 Å². The molecule has 1 aromatic heterocycles. The summed E-state index contributed by atoms with van der Waals surface area (Å²) in [4.78, 5) is 18.0. The predicted molar refractivity (Wildman–Crippen MR) is 94.5 cm³/mol. The lowest BCUT2D eigenvalue weighted by atomic mass is 9.87. The van der Waals surface area contributed by atoms with Gasteiger partial charge in [-0.2, -0.15) is 4.31 Å². The summed E-state index contributed by atoms with van der Waals surface area (Å²) in [5.74, 6) is -0.346. The molecule has 3 rings (SSSR count). The van der Waals surface area contributed by atoms with Gasteiger partial charge in [0.1, 0.15) is 5.54 Å². The molecule has 2 aliphatic heterocycles. The first-order valence-corrected chi connectivity index (χ1v) is 10.3. The van der Waals surface area contributed by atoms with E-state index in [2.05, 4.69) is 4.98 Å². The van der Waals surface area contributed by atoms with Crippen LogP contribution in [0.4, 0.5) is 0 Å². The highest BCUT2D eigenvalue weighted by molar-refractivity contribution is 7.89. The number of aliphatic hydroxyl groups is 1. The molecule has 1 unspecified atom stereocenters. The van der Waals surface area contributed by atoms with Gasteiger partial charge in [-0.15, -0.1) is 0 Å². The minimum atomic E-state index is -3.77. The topological polar surface area (TPSA) is 122 Å². The van der Waals surface area contributed by atoms with Gasteiger partial charge in [0.05, 0.1) is 12.4 Å². The van der Waals surface area contributed by atoms with Gasteiger partial charge < -0.3 is 15.4 Å². The number of piperidine rings is 1. The fraction of sp³-hybridized carbons (Fsp3) is 0.750. The second kappa shape index (κ2) is 6.91. The van der Waals surface area contributed by atoms with E-state index in [0.29, 0.717) is 12.8 Å². The lowest BCUT2D eigenvalue weighted by Gasteiger charge is -2.43. The second-order valence-electron chi connectivity index (χ2n) is 7.45. The number of carbonyl (C=O) groups is 1. The number of hydrogen-bond acceptors (Lipinski definition) is 6. The number of aliphatic hydroxyl groups excluding tert-OH is 1. The molecular weight excluding hydrogens is 358 g/mol. The number of aryl methyl sites for hydroxylation is 1. The average molecular weight is 385 g/mol. The maximum Gasteiger partial charge on any atom is 0.261 e. The third-order valence-electron chi connectivity index (χ3n) is 5.70. The molecule has 2 saturated heterocycles. The third kappa shape index (κ3) is 3.26. The summed E-state index contributed by atoms with van der Waals surface area (Å²) in [7, 11) is -0.656. The molecule has 3 heterocycles. The molecule has 2 bridgehead atoms. The SMILES string of the molecule is CN(CC(O)CN1[C@@H]2CCC[C@@]1(C(N)=O)CC2)S(=O)(=O)c1cn(C)cn1. The van der Waals surface area contributed by atoms with E-state index in [-0.39, 0.29) is 30.1 Å². The van der Waals surface area contributed by atoms with E-state index in [1.165, 1.54) is 19.6 Å². The Hall–Kier alpha value is -1.49. The van der Waals surface area contributed by atoms with E-state index < -0.39 is 21.7 Å². The number of β-amino-alcohol motifs (C(OH)–C–C–N with tert-alkyl or cyclic N) is 1. The van der Waals surface area contributed by atoms with Crippen LogP contribution in [0.3, 0.4) is 0 Å². The summed E-state index contributed by atoms with van der Waals surface area (Å²) in [5.41, 5.74) is 4.98. The van der Waals surface area contributed by atoms with Crippen LogP contribution in [0.25, 0.3) is 0 Å². The van der Waals surface area contributed by atoms with Crippen molar-refractivity contribution in [3.63, 3.8) is 0 Å². The number of nitrogens with two attached hydrogens (primary N) is 1. The lowest BCUT2D eigenvalue weighted by Crippen LogP contribution is -2.60. The summed E-state index contributed by atoms with van der Waals surface area (Å²) in [6.45, 7) is 0.159. The van der Waals surface area contributed by atoms with Crippen molar-refractivity contribution in [3.05, 3.63) is 12.5 Å². The molecule has 146 valence electrons. The quantitative estimate of drug-likeness (QED) is 0.638. The van der Waals surface area contributed by atoms with Gasteiger partial charge in [0, 0.05) is 39.4 Å². The van der Waals surface area contributed by atoms with Crippen molar-refractivity contribution in [1.82, 2.24) is 18.8 Å². The van der Waals surface area contributed by atoms with E-state index in [1.54, 1.807) is 11.6 Å². The highest BCUT2D eigenvalue weighted by Gasteiger charge is 2.52. The smallest absolute Gasteiger partial charge is 0.261 e. The van der Waals surface area contributed by atoms with E-state index in [9.17, 15) is 18.3 Å². The lowest BCUT2D eigenvalue weighted by molar-refractivity contribution is -0.132. The van der Waals surface area contributed by atoms with Crippen LogP contribution in [0.1, 0.15) is 32.1 Å². The number of aromatic nitrogens is 2. The Morgan fingerprint density at radius 1 is 1.50 bits per heavy atom. The molecule has 0 aliphatic carbocycles. The van der Waals surface area contributed by atoms with E-state index in [0.717, 1.165) is 23.6 Å². The first kappa shape index (κ1) is 19.3. The van der Waals surface area contributed by atoms with E-state index in [4.69, 9.17) is 5.73 Å². The molecule has 2 aliphatic rings. The summed E-state index contributed by atoms with van der Waals surface area (Å²) in [5, 5.41) is 10.5. The standard InChI is InChI=1S/C16H27N5O4S/c1-19-10-14(18-11-19)26(24,25)20(2)8-13(22)9-21-12-4-3-6-16(21,7-5-12)15(17)23/h10-13,22H,3-9H2,1-2H3,(H2,17,23)/t12-,13?,16+/m1/s1. The molecule has 26 heavy (non-hydrogen) atoms. The van der Waals surface area contributed by atoms with Crippen LogP contribution in [0, 0.1) is 0 Å². The van der Waals surface area contributed by atoms with Gasteiger partial charge in [-0.05, 0) is 32.1 Å². The molecule has 10 heteroatoms. The van der Waals surface area contributed by atoms with E-state index in [1.807, 2.05) is 4.90 Å². The minimum Gasteiger partial charge on any atom is -0.390 e. The van der Waals surface area contributed by atoms with Gasteiger partial charge in [0.2, 0.25) is 5.91 Å².